The van der Waals surface area contributed by atoms with Gasteiger partial charge in [-0.25, -0.2) is 15.0 Å². The van der Waals surface area contributed by atoms with E-state index in [0.717, 1.165) is 27.9 Å². The molecule has 1 aromatic carbocycles. The van der Waals surface area contributed by atoms with Crippen molar-refractivity contribution in [1.29, 1.82) is 0 Å². The molecule has 0 aliphatic rings. The number of aromatic hydroxyl groups is 1. The lowest BCUT2D eigenvalue weighted by Crippen LogP contribution is -2.26. The van der Waals surface area contributed by atoms with Crippen LogP contribution in [-0.4, -0.2) is 33.1 Å². The van der Waals surface area contributed by atoms with Crippen LogP contribution in [0.15, 0.2) is 24.5 Å². The van der Waals surface area contributed by atoms with Gasteiger partial charge < -0.3 is 15.7 Å². The van der Waals surface area contributed by atoms with Crippen LogP contribution in [0.3, 0.4) is 0 Å². The Kier molecular flexibility index (Phi) is 4.20. The fraction of sp³-hybridized carbons (Fsp3) is 0.316. The van der Waals surface area contributed by atoms with Gasteiger partial charge in [0.25, 0.3) is 0 Å². The van der Waals surface area contributed by atoms with Gasteiger partial charge >= 0.3 is 0 Å². The average Bonchev–Trinajstić information content (AvgIpc) is 2.58. The molecule has 0 bridgehead atoms. The molecule has 2 aromatic heterocycles. The van der Waals surface area contributed by atoms with Crippen LogP contribution in [0.2, 0.25) is 0 Å². The summed E-state index contributed by atoms with van der Waals surface area (Å²) in [6, 6.07) is 5.77. The number of phenols is 1. The molecular weight excluding hydrogens is 314 g/mol. The maximum atomic E-state index is 10.2. The van der Waals surface area contributed by atoms with Crippen LogP contribution in [0.25, 0.3) is 22.2 Å². The minimum absolute atomic E-state index is 0.236. The molecule has 3 rings (SSSR count). The van der Waals surface area contributed by atoms with Crippen molar-refractivity contribution in [2.24, 2.45) is 0 Å². The Labute approximate surface area is 147 Å². The lowest BCUT2D eigenvalue weighted by Gasteiger charge is -2.24. The highest BCUT2D eigenvalue weighted by Gasteiger charge is 2.19. The molecule has 3 N–H and O–H groups in total. The van der Waals surface area contributed by atoms with Gasteiger partial charge in [-0.3, -0.25) is 0 Å². The summed E-state index contributed by atoms with van der Waals surface area (Å²) in [5.74, 6) is 1.45. The van der Waals surface area contributed by atoms with Crippen molar-refractivity contribution in [3.63, 3.8) is 0 Å². The molecule has 0 saturated carbocycles. The van der Waals surface area contributed by atoms with E-state index in [1.54, 1.807) is 6.07 Å². The predicted octanol–water partition coefficient (Wildman–Crippen LogP) is 3.44. The van der Waals surface area contributed by atoms with Crippen LogP contribution in [-0.2, 0) is 0 Å². The Bertz CT molecular complexity index is 952. The summed E-state index contributed by atoms with van der Waals surface area (Å²) in [7, 11) is 1.99. The molecule has 0 fully saturated rings. The summed E-state index contributed by atoms with van der Waals surface area (Å²) in [5, 5.41) is 10.9. The first-order valence-electron chi connectivity index (χ1n) is 8.24. The number of hydrogen-bond acceptors (Lipinski definition) is 6. The fourth-order valence-electron chi connectivity index (χ4n) is 2.89. The van der Waals surface area contributed by atoms with Crippen LogP contribution >= 0.6 is 0 Å². The van der Waals surface area contributed by atoms with Crippen LogP contribution in [0.1, 0.15) is 25.0 Å². The van der Waals surface area contributed by atoms with Crippen molar-refractivity contribution in [2.45, 2.75) is 33.7 Å². The van der Waals surface area contributed by atoms with Gasteiger partial charge in [0.1, 0.15) is 29.2 Å². The van der Waals surface area contributed by atoms with Gasteiger partial charge in [-0.05, 0) is 45.4 Å². The van der Waals surface area contributed by atoms with E-state index in [-0.39, 0.29) is 11.8 Å². The largest absolute Gasteiger partial charge is 0.508 e. The zero-order valence-corrected chi connectivity index (χ0v) is 15.2. The number of nitrogen functional groups attached to an aromatic ring is 1. The second-order valence-corrected chi connectivity index (χ2v) is 6.59. The minimum atomic E-state index is 0.236. The fourth-order valence-corrected chi connectivity index (χ4v) is 2.89. The van der Waals surface area contributed by atoms with Crippen molar-refractivity contribution in [3.05, 3.63) is 35.7 Å². The molecule has 0 unspecified atom stereocenters. The van der Waals surface area contributed by atoms with Gasteiger partial charge in [0, 0.05) is 29.6 Å². The van der Waals surface area contributed by atoms with Gasteiger partial charge in [-0.15, -0.1) is 0 Å². The van der Waals surface area contributed by atoms with Crippen LogP contribution in [0.5, 0.6) is 5.75 Å². The third-order valence-electron chi connectivity index (χ3n) is 4.66. The summed E-state index contributed by atoms with van der Waals surface area (Å²) in [5.41, 5.74) is 10.2. The van der Waals surface area contributed by atoms with Crippen molar-refractivity contribution in [3.8, 4) is 17.0 Å². The Hall–Kier alpha value is -2.89. The summed E-state index contributed by atoms with van der Waals surface area (Å²) < 4.78 is 0. The van der Waals surface area contributed by atoms with E-state index < -0.39 is 0 Å². The summed E-state index contributed by atoms with van der Waals surface area (Å²) in [6.45, 7) is 8.08. The molecule has 130 valence electrons. The molecule has 0 aliphatic carbocycles. The Morgan fingerprint density at radius 2 is 1.88 bits per heavy atom. The summed E-state index contributed by atoms with van der Waals surface area (Å²) in [4.78, 5) is 15.5. The third kappa shape index (κ3) is 2.84. The molecule has 0 radical (unpaired) electrons. The van der Waals surface area contributed by atoms with E-state index in [4.69, 9.17) is 10.7 Å². The van der Waals surface area contributed by atoms with Crippen molar-refractivity contribution in [2.75, 3.05) is 17.7 Å². The summed E-state index contributed by atoms with van der Waals surface area (Å²) >= 11 is 0. The molecular formula is C19H23N5O. The highest BCUT2D eigenvalue weighted by Crippen LogP contribution is 2.37. The lowest BCUT2D eigenvalue weighted by molar-refractivity contribution is 0.471. The van der Waals surface area contributed by atoms with Gasteiger partial charge in [-0.1, -0.05) is 6.07 Å². The highest BCUT2D eigenvalue weighted by molar-refractivity contribution is 5.99. The first-order valence-corrected chi connectivity index (χ1v) is 8.24. The van der Waals surface area contributed by atoms with E-state index in [9.17, 15) is 5.11 Å². The molecule has 0 amide bonds. The van der Waals surface area contributed by atoms with Gasteiger partial charge in [0.2, 0.25) is 0 Å². The Balaban J connectivity index is 2.42. The van der Waals surface area contributed by atoms with Crippen LogP contribution in [0, 0.1) is 13.8 Å². The summed E-state index contributed by atoms with van der Waals surface area (Å²) in [6.07, 6.45) is 1.45. The maximum Gasteiger partial charge on any atom is 0.134 e. The quantitative estimate of drug-likeness (QED) is 0.761. The number of nitrogens with zero attached hydrogens (tertiary/aromatic N) is 4. The molecule has 2 heterocycles. The molecule has 0 aliphatic heterocycles. The average molecular weight is 337 g/mol. The minimum Gasteiger partial charge on any atom is -0.508 e. The Morgan fingerprint density at radius 3 is 2.56 bits per heavy atom. The normalized spacial score (nSPS) is 11.3. The van der Waals surface area contributed by atoms with Crippen molar-refractivity contribution in [1.82, 2.24) is 15.0 Å². The zero-order chi connectivity index (χ0) is 18.3. The first kappa shape index (κ1) is 17.0. The van der Waals surface area contributed by atoms with E-state index in [1.807, 2.05) is 33.0 Å². The number of nitrogens with two attached hydrogens (primary N) is 1. The number of pyridine rings is 1. The van der Waals surface area contributed by atoms with E-state index >= 15 is 0 Å². The molecule has 25 heavy (non-hydrogen) atoms. The molecule has 6 nitrogen and oxygen atoms in total. The first-order chi connectivity index (χ1) is 11.8. The van der Waals surface area contributed by atoms with Crippen molar-refractivity contribution < 1.29 is 5.11 Å². The smallest absolute Gasteiger partial charge is 0.134 e. The third-order valence-corrected chi connectivity index (χ3v) is 4.66. The number of phenolic OH excluding ortho intramolecular Hbond substituents is 1. The molecule has 0 saturated heterocycles. The molecule has 0 atom stereocenters. The highest BCUT2D eigenvalue weighted by atomic mass is 16.3. The van der Waals surface area contributed by atoms with E-state index in [2.05, 4.69) is 28.7 Å². The number of rotatable bonds is 3. The molecule has 0 spiro atoms. The second kappa shape index (κ2) is 6.20. The maximum absolute atomic E-state index is 10.2. The van der Waals surface area contributed by atoms with Gasteiger partial charge in [0.05, 0.1) is 5.69 Å². The number of anilines is 2. The lowest BCUT2D eigenvalue weighted by atomic mass is 9.97. The van der Waals surface area contributed by atoms with E-state index in [0.29, 0.717) is 17.0 Å². The molecule has 3 aromatic rings. The monoisotopic (exact) mass is 337 g/mol. The van der Waals surface area contributed by atoms with Gasteiger partial charge in [-0.2, -0.15) is 0 Å². The van der Waals surface area contributed by atoms with Gasteiger partial charge in [0.15, 0.2) is 0 Å². The molecule has 6 heteroatoms. The standard InChI is InChI=1S/C19H23N5O/c1-10(2)24(5)15-8-13-17(21-9-22-19(13)20)18(23-15)16-11(3)6-7-14(25)12(16)4/h6-10,25H,1-5H3,(H2,20,21,22). The SMILES string of the molecule is Cc1ccc(O)c(C)c1-c1nc(N(C)C(C)C)cc2c(N)ncnc12. The van der Waals surface area contributed by atoms with E-state index in [1.165, 1.54) is 6.33 Å². The Morgan fingerprint density at radius 1 is 1.16 bits per heavy atom. The number of hydrogen-bond donors (Lipinski definition) is 2. The van der Waals surface area contributed by atoms with Crippen molar-refractivity contribution >= 4 is 22.5 Å². The number of benzene rings is 1. The van der Waals surface area contributed by atoms with Crippen LogP contribution in [0.4, 0.5) is 11.6 Å². The predicted molar refractivity (Wildman–Crippen MR) is 102 cm³/mol. The topological polar surface area (TPSA) is 88.2 Å². The van der Waals surface area contributed by atoms with Crippen LogP contribution < -0.4 is 10.6 Å². The zero-order valence-electron chi connectivity index (χ0n) is 15.2. The number of aryl methyl sites for hydroxylation is 1. The number of aromatic nitrogens is 3. The number of fused-ring (bicyclic) bond motifs is 1. The second-order valence-electron chi connectivity index (χ2n) is 6.59.